The normalized spacial score (nSPS) is 10.9. The van der Waals surface area contributed by atoms with Crippen molar-refractivity contribution in [3.8, 4) is 22.7 Å². The van der Waals surface area contributed by atoms with E-state index < -0.39 is 5.97 Å². The number of hydrogen-bond donors (Lipinski definition) is 2. The highest BCUT2D eigenvalue weighted by molar-refractivity contribution is 5.93. The van der Waals surface area contributed by atoms with E-state index in [1.54, 1.807) is 6.07 Å². The third kappa shape index (κ3) is 2.54. The number of carboxylic acid groups (broad SMARTS) is 1. The molecule has 0 saturated heterocycles. The van der Waals surface area contributed by atoms with Crippen LogP contribution in [-0.2, 0) is 0 Å². The minimum atomic E-state index is -1.16. The number of nitrogens with zero attached hydrogens (tertiary/aromatic N) is 1. The van der Waals surface area contributed by atoms with Crippen LogP contribution in [0.3, 0.4) is 0 Å². The van der Waals surface area contributed by atoms with Gasteiger partial charge in [-0.1, -0.05) is 48.5 Å². The molecule has 25 heavy (non-hydrogen) atoms. The van der Waals surface area contributed by atoms with Crippen molar-refractivity contribution in [2.45, 2.75) is 0 Å². The Morgan fingerprint density at radius 2 is 1.56 bits per heavy atom. The molecule has 0 radical (unpaired) electrons. The first-order chi connectivity index (χ1) is 12.1. The molecule has 1 aromatic heterocycles. The van der Waals surface area contributed by atoms with Crippen LogP contribution in [0.25, 0.3) is 27.8 Å². The van der Waals surface area contributed by atoms with Crippen LogP contribution in [0.15, 0.2) is 78.9 Å². The summed E-state index contributed by atoms with van der Waals surface area (Å²) in [7, 11) is 0. The largest absolute Gasteiger partial charge is 0.507 e. The lowest BCUT2D eigenvalue weighted by atomic mass is 10.1. The number of benzene rings is 3. The molecule has 0 amide bonds. The van der Waals surface area contributed by atoms with E-state index in [1.165, 1.54) is 12.1 Å². The van der Waals surface area contributed by atoms with Gasteiger partial charge in [-0.25, -0.2) is 4.79 Å². The van der Waals surface area contributed by atoms with Crippen molar-refractivity contribution < 1.29 is 15.0 Å². The summed E-state index contributed by atoms with van der Waals surface area (Å²) in [6, 6.07) is 24.6. The van der Waals surface area contributed by atoms with Gasteiger partial charge in [-0.2, -0.15) is 0 Å². The summed E-state index contributed by atoms with van der Waals surface area (Å²) < 4.78 is 2.01. The number of fused-ring (bicyclic) bond motifs is 1. The molecule has 0 spiro atoms. The number of phenols is 1. The second kappa shape index (κ2) is 5.83. The van der Waals surface area contributed by atoms with E-state index in [2.05, 4.69) is 6.07 Å². The number of carbonyl (C=O) groups is 1. The highest BCUT2D eigenvalue weighted by Gasteiger charge is 2.15. The van der Waals surface area contributed by atoms with E-state index in [0.29, 0.717) is 5.69 Å². The molecule has 4 heteroatoms. The molecule has 4 nitrogen and oxygen atoms in total. The van der Waals surface area contributed by atoms with Crippen LogP contribution in [0.5, 0.6) is 5.75 Å². The summed E-state index contributed by atoms with van der Waals surface area (Å²) in [6.07, 6.45) is 0. The third-order valence-electron chi connectivity index (χ3n) is 4.25. The lowest BCUT2D eigenvalue weighted by Gasteiger charge is -2.12. The lowest BCUT2D eigenvalue weighted by molar-refractivity contribution is 0.0693. The number of aromatic hydroxyl groups is 1. The molecule has 122 valence electrons. The zero-order valence-corrected chi connectivity index (χ0v) is 13.3. The number of hydrogen-bond acceptors (Lipinski definition) is 2. The summed E-state index contributed by atoms with van der Waals surface area (Å²) >= 11 is 0. The number of carboxylic acids is 1. The number of aromatic carboxylic acids is 1. The lowest BCUT2D eigenvalue weighted by Crippen LogP contribution is -2.01. The molecule has 0 aliphatic heterocycles. The first-order valence-electron chi connectivity index (χ1n) is 7.88. The van der Waals surface area contributed by atoms with Crippen LogP contribution in [0.1, 0.15) is 10.4 Å². The van der Waals surface area contributed by atoms with Crippen LogP contribution >= 0.6 is 0 Å². The SMILES string of the molecule is O=C(O)c1cc(-n2c(-c3ccccc3)cc3ccccc32)ccc1O. The maximum Gasteiger partial charge on any atom is 0.339 e. The maximum absolute atomic E-state index is 11.4. The van der Waals surface area contributed by atoms with Gasteiger partial charge in [0.05, 0.1) is 11.2 Å². The molecule has 0 atom stereocenters. The molecule has 4 rings (SSSR count). The standard InChI is InChI=1S/C21H15NO3/c23-20-11-10-16(13-17(20)21(24)25)22-18-9-5-4-8-15(18)12-19(22)14-6-2-1-3-7-14/h1-13,23H,(H,24,25). The van der Waals surface area contributed by atoms with Gasteiger partial charge in [-0.05, 0) is 35.9 Å². The Hall–Kier alpha value is -3.53. The molecule has 4 aromatic rings. The average Bonchev–Trinajstić information content (AvgIpc) is 3.02. The summed E-state index contributed by atoms with van der Waals surface area (Å²) in [5, 5.41) is 20.2. The highest BCUT2D eigenvalue weighted by atomic mass is 16.4. The molecule has 1 heterocycles. The fourth-order valence-electron chi connectivity index (χ4n) is 3.09. The van der Waals surface area contributed by atoms with Crippen LogP contribution in [-0.4, -0.2) is 20.7 Å². The molecule has 0 bridgehead atoms. The highest BCUT2D eigenvalue weighted by Crippen LogP contribution is 2.32. The van der Waals surface area contributed by atoms with E-state index in [1.807, 2.05) is 59.2 Å². The van der Waals surface area contributed by atoms with E-state index >= 15 is 0 Å². The molecular weight excluding hydrogens is 314 g/mol. The molecule has 0 aliphatic carbocycles. The summed E-state index contributed by atoms with van der Waals surface area (Å²) in [5.41, 5.74) is 3.54. The first kappa shape index (κ1) is 15.0. The van der Waals surface area contributed by atoms with Crippen LogP contribution in [0, 0.1) is 0 Å². The Morgan fingerprint density at radius 1 is 0.840 bits per heavy atom. The van der Waals surface area contributed by atoms with Crippen LogP contribution in [0.2, 0.25) is 0 Å². The van der Waals surface area contributed by atoms with Gasteiger partial charge in [0.2, 0.25) is 0 Å². The fraction of sp³-hybridized carbons (Fsp3) is 0. The Kier molecular flexibility index (Phi) is 3.51. The first-order valence-corrected chi connectivity index (χ1v) is 7.88. The van der Waals surface area contributed by atoms with Gasteiger partial charge < -0.3 is 14.8 Å². The van der Waals surface area contributed by atoms with Crippen molar-refractivity contribution in [2.24, 2.45) is 0 Å². The summed E-state index contributed by atoms with van der Waals surface area (Å²) in [6.45, 7) is 0. The van der Waals surface area contributed by atoms with Crippen molar-refractivity contribution in [1.29, 1.82) is 0 Å². The summed E-state index contributed by atoms with van der Waals surface area (Å²) in [4.78, 5) is 11.4. The average molecular weight is 329 g/mol. The van der Waals surface area contributed by atoms with E-state index in [0.717, 1.165) is 22.2 Å². The van der Waals surface area contributed by atoms with Gasteiger partial charge >= 0.3 is 5.97 Å². The topological polar surface area (TPSA) is 62.5 Å². The van der Waals surface area contributed by atoms with Crippen molar-refractivity contribution in [1.82, 2.24) is 4.57 Å². The van der Waals surface area contributed by atoms with Crippen molar-refractivity contribution in [3.63, 3.8) is 0 Å². The molecular formula is C21H15NO3. The molecule has 0 aliphatic rings. The van der Waals surface area contributed by atoms with Gasteiger partial charge in [0.25, 0.3) is 0 Å². The monoisotopic (exact) mass is 329 g/mol. The minimum Gasteiger partial charge on any atom is -0.507 e. The quantitative estimate of drug-likeness (QED) is 0.572. The van der Waals surface area contributed by atoms with Crippen molar-refractivity contribution in [3.05, 3.63) is 84.4 Å². The predicted octanol–water partition coefficient (Wildman–Crippen LogP) is 4.70. The zero-order chi connectivity index (χ0) is 17.4. The van der Waals surface area contributed by atoms with Crippen molar-refractivity contribution >= 4 is 16.9 Å². The van der Waals surface area contributed by atoms with E-state index in [4.69, 9.17) is 0 Å². The van der Waals surface area contributed by atoms with Crippen LogP contribution < -0.4 is 0 Å². The van der Waals surface area contributed by atoms with Gasteiger partial charge in [0, 0.05) is 11.1 Å². The molecule has 0 unspecified atom stereocenters. The molecule has 0 fully saturated rings. The molecule has 0 saturated carbocycles. The molecule has 2 N–H and O–H groups in total. The van der Waals surface area contributed by atoms with Gasteiger partial charge in [0.15, 0.2) is 0 Å². The number of para-hydroxylation sites is 1. The van der Waals surface area contributed by atoms with E-state index in [-0.39, 0.29) is 11.3 Å². The van der Waals surface area contributed by atoms with E-state index in [9.17, 15) is 15.0 Å². The fourth-order valence-corrected chi connectivity index (χ4v) is 3.09. The van der Waals surface area contributed by atoms with Crippen LogP contribution in [0.4, 0.5) is 0 Å². The number of aromatic nitrogens is 1. The Bertz CT molecular complexity index is 1080. The van der Waals surface area contributed by atoms with Crippen molar-refractivity contribution in [2.75, 3.05) is 0 Å². The van der Waals surface area contributed by atoms with Gasteiger partial charge in [-0.15, -0.1) is 0 Å². The third-order valence-corrected chi connectivity index (χ3v) is 4.25. The molecule has 3 aromatic carbocycles. The number of rotatable bonds is 3. The second-order valence-corrected chi connectivity index (χ2v) is 5.80. The minimum absolute atomic E-state index is 0.116. The zero-order valence-electron chi connectivity index (χ0n) is 13.3. The van der Waals surface area contributed by atoms with Gasteiger partial charge in [0.1, 0.15) is 11.3 Å². The smallest absolute Gasteiger partial charge is 0.339 e. The predicted molar refractivity (Wildman–Crippen MR) is 97.3 cm³/mol. The maximum atomic E-state index is 11.4. The Labute approximate surface area is 144 Å². The summed E-state index contributed by atoms with van der Waals surface area (Å²) in [5.74, 6) is -1.40. The Morgan fingerprint density at radius 3 is 2.32 bits per heavy atom. The second-order valence-electron chi connectivity index (χ2n) is 5.80. The van der Waals surface area contributed by atoms with Gasteiger partial charge in [-0.3, -0.25) is 0 Å². The Balaban J connectivity index is 2.04.